The Hall–Kier alpha value is -2.73. The van der Waals surface area contributed by atoms with Crippen LogP contribution in [0.3, 0.4) is 0 Å². The van der Waals surface area contributed by atoms with Gasteiger partial charge in [-0.15, -0.1) is 0 Å². The summed E-state index contributed by atoms with van der Waals surface area (Å²) in [6.45, 7) is 4.55. The van der Waals surface area contributed by atoms with Gasteiger partial charge in [-0.25, -0.2) is 9.79 Å². The highest BCUT2D eigenvalue weighted by atomic mass is 79.9. The number of allylic oxidation sites excluding steroid dienone is 1. The zero-order valence-corrected chi connectivity index (χ0v) is 25.0. The molecule has 0 bridgehead atoms. The largest absolute Gasteiger partial charge is 0.506 e. The average Bonchev–Trinajstić information content (AvgIpc) is 3.19. The van der Waals surface area contributed by atoms with Gasteiger partial charge in [-0.3, -0.25) is 9.36 Å². The fraction of sp³-hybridized carbons (Fsp3) is 0.296. The molecule has 200 valence electrons. The lowest BCUT2D eigenvalue weighted by Gasteiger charge is -2.26. The maximum Gasteiger partial charge on any atom is 0.338 e. The van der Waals surface area contributed by atoms with Crippen molar-refractivity contribution in [3.63, 3.8) is 0 Å². The maximum absolute atomic E-state index is 13.9. The van der Waals surface area contributed by atoms with Crippen molar-refractivity contribution in [1.29, 1.82) is 0 Å². The summed E-state index contributed by atoms with van der Waals surface area (Å²) in [4.78, 5) is 32.3. The standard InChI is InChI=1S/C27H26Br2N2O6S/c1-4-9-36-20-8-6-5-7-17(20)23-22(26(34)37-11-10-35-3)15(2)30-27-31(23)25(33)21(38-27)14-16-12-18(28)24(32)19(29)13-16/h5-8,12-14,23,32H,4,9-11H2,1-3H3/b21-14+/t23-/m1/s1. The number of ether oxygens (including phenoxy) is 3. The number of carbonyl (C=O) groups excluding carboxylic acids is 1. The van der Waals surface area contributed by atoms with Crippen LogP contribution < -0.4 is 19.6 Å². The number of phenolic OH excluding ortho intramolecular Hbond substituents is 1. The minimum absolute atomic E-state index is 0.0690. The summed E-state index contributed by atoms with van der Waals surface area (Å²) in [6.07, 6.45) is 2.53. The summed E-state index contributed by atoms with van der Waals surface area (Å²) in [5, 5.41) is 10.1. The molecule has 3 aromatic rings. The predicted molar refractivity (Wildman–Crippen MR) is 152 cm³/mol. The summed E-state index contributed by atoms with van der Waals surface area (Å²) in [6, 6.07) is 10.0. The summed E-state index contributed by atoms with van der Waals surface area (Å²) < 4.78 is 19.4. The van der Waals surface area contributed by atoms with Crippen LogP contribution in [0.5, 0.6) is 11.5 Å². The Balaban J connectivity index is 1.93. The van der Waals surface area contributed by atoms with Crippen molar-refractivity contribution >= 4 is 55.2 Å². The molecule has 1 aliphatic rings. The molecule has 2 heterocycles. The van der Waals surface area contributed by atoms with Gasteiger partial charge < -0.3 is 19.3 Å². The highest BCUT2D eigenvalue weighted by Gasteiger charge is 2.35. The van der Waals surface area contributed by atoms with Gasteiger partial charge in [-0.05, 0) is 75.0 Å². The molecule has 38 heavy (non-hydrogen) atoms. The van der Waals surface area contributed by atoms with Gasteiger partial charge in [0.15, 0.2) is 4.80 Å². The number of aromatic hydroxyl groups is 1. The highest BCUT2D eigenvalue weighted by Crippen LogP contribution is 2.36. The second-order valence-electron chi connectivity index (χ2n) is 8.43. The number of rotatable bonds is 9. The molecule has 0 amide bonds. The number of methoxy groups -OCH3 is 1. The van der Waals surface area contributed by atoms with Gasteiger partial charge >= 0.3 is 5.97 Å². The number of phenols is 1. The molecule has 0 unspecified atom stereocenters. The number of carbonyl (C=O) groups is 1. The molecule has 2 aromatic carbocycles. The fourth-order valence-corrected chi connectivity index (χ4v) is 6.31. The number of aromatic nitrogens is 1. The van der Waals surface area contributed by atoms with Crippen LogP contribution in [0.4, 0.5) is 0 Å². The van der Waals surface area contributed by atoms with E-state index in [2.05, 4.69) is 36.9 Å². The topological polar surface area (TPSA) is 99.4 Å². The molecule has 0 aliphatic carbocycles. The highest BCUT2D eigenvalue weighted by molar-refractivity contribution is 9.11. The Morgan fingerprint density at radius 2 is 1.89 bits per heavy atom. The van der Waals surface area contributed by atoms with Crippen LogP contribution in [0.25, 0.3) is 6.08 Å². The Labute approximate surface area is 240 Å². The van der Waals surface area contributed by atoms with Crippen LogP contribution in [-0.4, -0.2) is 42.6 Å². The first-order valence-corrected chi connectivity index (χ1v) is 14.2. The van der Waals surface area contributed by atoms with Gasteiger partial charge in [0.25, 0.3) is 5.56 Å². The Morgan fingerprint density at radius 1 is 1.18 bits per heavy atom. The molecule has 8 nitrogen and oxygen atoms in total. The number of benzene rings is 2. The van der Waals surface area contributed by atoms with Gasteiger partial charge in [0.2, 0.25) is 0 Å². The van der Waals surface area contributed by atoms with Crippen LogP contribution in [-0.2, 0) is 14.3 Å². The van der Waals surface area contributed by atoms with E-state index in [-0.39, 0.29) is 30.1 Å². The number of thiazole rings is 1. The van der Waals surface area contributed by atoms with E-state index < -0.39 is 12.0 Å². The molecule has 0 spiro atoms. The second kappa shape index (κ2) is 12.4. The molecule has 1 aliphatic heterocycles. The summed E-state index contributed by atoms with van der Waals surface area (Å²) in [5.41, 5.74) is 1.79. The third-order valence-corrected chi connectivity index (χ3v) is 7.97. The molecule has 4 rings (SSSR count). The lowest BCUT2D eigenvalue weighted by atomic mass is 9.95. The van der Waals surface area contributed by atoms with Crippen LogP contribution >= 0.6 is 43.2 Å². The van der Waals surface area contributed by atoms with Crippen LogP contribution in [0.2, 0.25) is 0 Å². The SMILES string of the molecule is CCCOc1ccccc1[C@@H]1C(C(=O)OCCOC)=C(C)N=c2s/c(=C/c3cc(Br)c(O)c(Br)c3)c(=O)n21. The Kier molecular flexibility index (Phi) is 9.24. The van der Waals surface area contributed by atoms with E-state index in [1.165, 1.54) is 23.0 Å². The summed E-state index contributed by atoms with van der Waals surface area (Å²) in [7, 11) is 1.53. The fourth-order valence-electron chi connectivity index (χ4n) is 4.04. The van der Waals surface area contributed by atoms with Crippen molar-refractivity contribution in [1.82, 2.24) is 4.57 Å². The third-order valence-electron chi connectivity index (χ3n) is 5.77. The number of esters is 1. The van der Waals surface area contributed by atoms with Crippen molar-refractivity contribution in [3.05, 3.63) is 87.4 Å². The van der Waals surface area contributed by atoms with E-state index in [1.807, 2.05) is 31.2 Å². The zero-order chi connectivity index (χ0) is 27.4. The van der Waals surface area contributed by atoms with Gasteiger partial charge in [-0.2, -0.15) is 0 Å². The van der Waals surface area contributed by atoms with E-state index in [1.54, 1.807) is 25.1 Å². The van der Waals surface area contributed by atoms with Gasteiger partial charge in [0.1, 0.15) is 24.1 Å². The smallest absolute Gasteiger partial charge is 0.338 e. The normalized spacial score (nSPS) is 15.3. The lowest BCUT2D eigenvalue weighted by molar-refractivity contribution is -0.140. The van der Waals surface area contributed by atoms with Crippen molar-refractivity contribution < 1.29 is 24.1 Å². The number of halogens is 2. The average molecular weight is 666 g/mol. The second-order valence-corrected chi connectivity index (χ2v) is 11.1. The van der Waals surface area contributed by atoms with Crippen LogP contribution in [0, 0.1) is 0 Å². The van der Waals surface area contributed by atoms with Crippen molar-refractivity contribution in [2.24, 2.45) is 4.99 Å². The molecule has 0 saturated heterocycles. The van der Waals surface area contributed by atoms with Gasteiger partial charge in [-0.1, -0.05) is 36.5 Å². The number of hydrogen-bond acceptors (Lipinski definition) is 8. The van der Waals surface area contributed by atoms with Crippen LogP contribution in [0.15, 0.2) is 66.4 Å². The van der Waals surface area contributed by atoms with E-state index >= 15 is 0 Å². The number of hydrogen-bond donors (Lipinski definition) is 1. The van der Waals surface area contributed by atoms with E-state index in [0.717, 1.165) is 6.42 Å². The molecule has 1 N–H and O–H groups in total. The van der Waals surface area contributed by atoms with E-state index in [9.17, 15) is 14.7 Å². The van der Waals surface area contributed by atoms with Crippen molar-refractivity contribution in [2.45, 2.75) is 26.3 Å². The zero-order valence-electron chi connectivity index (χ0n) is 21.0. The lowest BCUT2D eigenvalue weighted by Crippen LogP contribution is -2.40. The van der Waals surface area contributed by atoms with Crippen molar-refractivity contribution in [3.8, 4) is 11.5 Å². The summed E-state index contributed by atoms with van der Waals surface area (Å²) in [5.74, 6) is 0.0797. The summed E-state index contributed by atoms with van der Waals surface area (Å²) >= 11 is 7.89. The first kappa shape index (κ1) is 28.3. The molecule has 1 aromatic heterocycles. The number of nitrogens with zero attached hydrogens (tertiary/aromatic N) is 2. The monoisotopic (exact) mass is 664 g/mol. The molecule has 0 fully saturated rings. The molecule has 11 heteroatoms. The molecular weight excluding hydrogens is 640 g/mol. The Morgan fingerprint density at radius 3 is 2.58 bits per heavy atom. The van der Waals surface area contributed by atoms with Crippen molar-refractivity contribution in [2.75, 3.05) is 26.9 Å². The number of fused-ring (bicyclic) bond motifs is 1. The quantitative estimate of drug-likeness (QED) is 0.268. The third kappa shape index (κ3) is 5.80. The first-order chi connectivity index (χ1) is 18.3. The molecule has 0 radical (unpaired) electrons. The minimum Gasteiger partial charge on any atom is -0.506 e. The van der Waals surface area contributed by atoms with Crippen LogP contribution in [0.1, 0.15) is 37.4 Å². The predicted octanol–water partition coefficient (Wildman–Crippen LogP) is 4.44. The molecular formula is C27H26Br2N2O6S. The van der Waals surface area contributed by atoms with E-state index in [0.29, 0.717) is 47.5 Å². The first-order valence-electron chi connectivity index (χ1n) is 11.8. The molecule has 1 atom stereocenters. The number of para-hydroxylation sites is 1. The maximum atomic E-state index is 13.9. The van der Waals surface area contributed by atoms with Gasteiger partial charge in [0, 0.05) is 12.7 Å². The van der Waals surface area contributed by atoms with Gasteiger partial charge in [0.05, 0.1) is 38.0 Å². The minimum atomic E-state index is -0.796. The molecule has 0 saturated carbocycles. The van der Waals surface area contributed by atoms with E-state index in [4.69, 9.17) is 14.2 Å². The Bertz CT molecular complexity index is 1550.